The first-order chi connectivity index (χ1) is 8.57. The Labute approximate surface area is 104 Å². The first kappa shape index (κ1) is 13.3. The molecule has 1 fully saturated rings. The lowest BCUT2D eigenvalue weighted by Gasteiger charge is -2.33. The van der Waals surface area contributed by atoms with Gasteiger partial charge in [-0.2, -0.15) is 23.4 Å². The van der Waals surface area contributed by atoms with Crippen LogP contribution >= 0.6 is 0 Å². The van der Waals surface area contributed by atoms with Gasteiger partial charge in [-0.05, 0) is 25.0 Å². The molecule has 0 aliphatic heterocycles. The van der Waals surface area contributed by atoms with Crippen molar-refractivity contribution in [3.63, 3.8) is 0 Å². The zero-order valence-electron chi connectivity index (χ0n) is 9.95. The first-order valence-corrected chi connectivity index (χ1v) is 6.14. The third-order valence-electron chi connectivity index (χ3n) is 3.36. The van der Waals surface area contributed by atoms with Gasteiger partial charge in [0, 0.05) is 18.8 Å². The highest BCUT2D eigenvalue weighted by Crippen LogP contribution is 2.37. The van der Waals surface area contributed by atoms with E-state index < -0.39 is 18.1 Å². The molecule has 18 heavy (non-hydrogen) atoms. The number of hydrogen-bond donors (Lipinski definition) is 1. The zero-order valence-corrected chi connectivity index (χ0v) is 9.95. The zero-order chi connectivity index (χ0) is 13.0. The summed E-state index contributed by atoms with van der Waals surface area (Å²) in [7, 11) is 0. The van der Waals surface area contributed by atoms with Crippen LogP contribution in [0, 0.1) is 5.92 Å². The minimum absolute atomic E-state index is 0.224. The van der Waals surface area contributed by atoms with Crippen molar-refractivity contribution in [2.75, 3.05) is 0 Å². The number of nitrogens with one attached hydrogen (secondary N) is 1. The van der Waals surface area contributed by atoms with Crippen LogP contribution < -0.4 is 5.32 Å². The summed E-state index contributed by atoms with van der Waals surface area (Å²) in [5.74, 6) is -1.23. The molecular formula is C12H16F3N3. The van der Waals surface area contributed by atoms with Gasteiger partial charge in [0.15, 0.2) is 0 Å². The van der Waals surface area contributed by atoms with Gasteiger partial charge in [0.25, 0.3) is 0 Å². The summed E-state index contributed by atoms with van der Waals surface area (Å²) in [6.07, 6.45) is -0.257. The van der Waals surface area contributed by atoms with Crippen LogP contribution in [0.5, 0.6) is 0 Å². The fourth-order valence-corrected chi connectivity index (χ4v) is 2.43. The standard InChI is InChI=1S/C12H16F3N3/c13-12(14,15)10-5-1-2-6-11(10)16-8-9-4-3-7-17-18-9/h3-4,7,10-11,16H,1-2,5-6,8H2. The van der Waals surface area contributed by atoms with Gasteiger partial charge in [0.2, 0.25) is 0 Å². The summed E-state index contributed by atoms with van der Waals surface area (Å²) in [6, 6.07) is 2.98. The second-order valence-corrected chi connectivity index (χ2v) is 4.63. The Morgan fingerprint density at radius 2 is 2.06 bits per heavy atom. The van der Waals surface area contributed by atoms with Gasteiger partial charge < -0.3 is 5.32 Å². The quantitative estimate of drug-likeness (QED) is 0.907. The van der Waals surface area contributed by atoms with E-state index in [4.69, 9.17) is 0 Å². The fraction of sp³-hybridized carbons (Fsp3) is 0.667. The van der Waals surface area contributed by atoms with Gasteiger partial charge in [-0.3, -0.25) is 0 Å². The number of aromatic nitrogens is 2. The molecule has 1 aromatic heterocycles. The predicted octanol–water partition coefficient (Wildman–Crippen LogP) is 2.69. The average molecular weight is 259 g/mol. The van der Waals surface area contributed by atoms with Gasteiger partial charge in [-0.1, -0.05) is 12.8 Å². The maximum absolute atomic E-state index is 12.8. The Morgan fingerprint density at radius 1 is 1.28 bits per heavy atom. The highest BCUT2D eigenvalue weighted by Gasteiger charge is 2.45. The number of nitrogens with zero attached hydrogens (tertiary/aromatic N) is 2. The third kappa shape index (κ3) is 3.41. The van der Waals surface area contributed by atoms with Crippen molar-refractivity contribution in [3.05, 3.63) is 24.0 Å². The van der Waals surface area contributed by atoms with Crippen LogP contribution in [-0.4, -0.2) is 22.4 Å². The molecule has 0 bridgehead atoms. The third-order valence-corrected chi connectivity index (χ3v) is 3.36. The van der Waals surface area contributed by atoms with Crippen LogP contribution in [0.4, 0.5) is 13.2 Å². The largest absolute Gasteiger partial charge is 0.393 e. The summed E-state index contributed by atoms with van der Waals surface area (Å²) >= 11 is 0. The molecular weight excluding hydrogens is 243 g/mol. The van der Waals surface area contributed by atoms with Gasteiger partial charge in [0.1, 0.15) is 0 Å². The van der Waals surface area contributed by atoms with E-state index in [0.29, 0.717) is 25.1 Å². The Balaban J connectivity index is 1.94. The van der Waals surface area contributed by atoms with Gasteiger partial charge in [-0.25, -0.2) is 0 Å². The van der Waals surface area contributed by atoms with Crippen LogP contribution in [0.2, 0.25) is 0 Å². The highest BCUT2D eigenvalue weighted by molar-refractivity contribution is 4.99. The minimum atomic E-state index is -4.11. The molecule has 1 aromatic rings. The molecule has 1 aliphatic rings. The van der Waals surface area contributed by atoms with E-state index >= 15 is 0 Å². The van der Waals surface area contributed by atoms with E-state index in [9.17, 15) is 13.2 Å². The fourth-order valence-electron chi connectivity index (χ4n) is 2.43. The molecule has 3 nitrogen and oxygen atoms in total. The van der Waals surface area contributed by atoms with Crippen molar-refractivity contribution in [1.82, 2.24) is 15.5 Å². The van der Waals surface area contributed by atoms with Crippen molar-refractivity contribution < 1.29 is 13.2 Å². The minimum Gasteiger partial charge on any atom is -0.308 e. The van der Waals surface area contributed by atoms with E-state index in [1.54, 1.807) is 18.3 Å². The van der Waals surface area contributed by atoms with Crippen molar-refractivity contribution >= 4 is 0 Å². The van der Waals surface area contributed by atoms with Crippen LogP contribution in [0.25, 0.3) is 0 Å². The molecule has 2 rings (SSSR count). The maximum atomic E-state index is 12.8. The molecule has 2 atom stereocenters. The van der Waals surface area contributed by atoms with Crippen LogP contribution in [0.3, 0.4) is 0 Å². The first-order valence-electron chi connectivity index (χ1n) is 6.14. The molecule has 1 heterocycles. The Morgan fingerprint density at radius 3 is 2.72 bits per heavy atom. The lowest BCUT2D eigenvalue weighted by atomic mass is 9.84. The summed E-state index contributed by atoms with van der Waals surface area (Å²) in [4.78, 5) is 0. The van der Waals surface area contributed by atoms with Gasteiger partial charge >= 0.3 is 6.18 Å². The summed E-state index contributed by atoms with van der Waals surface area (Å²) in [6.45, 7) is 0.338. The van der Waals surface area contributed by atoms with E-state index in [1.165, 1.54) is 0 Å². The van der Waals surface area contributed by atoms with Crippen LogP contribution in [-0.2, 0) is 6.54 Å². The smallest absolute Gasteiger partial charge is 0.308 e. The molecule has 0 aromatic carbocycles. The average Bonchev–Trinajstić information content (AvgIpc) is 2.37. The predicted molar refractivity (Wildman–Crippen MR) is 60.7 cm³/mol. The maximum Gasteiger partial charge on any atom is 0.393 e. The van der Waals surface area contributed by atoms with Crippen molar-refractivity contribution in [2.45, 2.75) is 44.4 Å². The van der Waals surface area contributed by atoms with Crippen molar-refractivity contribution in [1.29, 1.82) is 0 Å². The Bertz CT molecular complexity index is 367. The number of halogens is 3. The molecule has 100 valence electrons. The van der Waals surface area contributed by atoms with Crippen LogP contribution in [0.1, 0.15) is 31.4 Å². The second-order valence-electron chi connectivity index (χ2n) is 4.63. The molecule has 1 N–H and O–H groups in total. The normalized spacial score (nSPS) is 25.1. The highest BCUT2D eigenvalue weighted by atomic mass is 19.4. The van der Waals surface area contributed by atoms with Crippen LogP contribution in [0.15, 0.2) is 18.3 Å². The number of hydrogen-bond acceptors (Lipinski definition) is 3. The van der Waals surface area contributed by atoms with E-state index in [-0.39, 0.29) is 6.42 Å². The SMILES string of the molecule is FC(F)(F)C1CCCCC1NCc1cccnn1. The monoisotopic (exact) mass is 259 g/mol. The van der Waals surface area contributed by atoms with E-state index in [0.717, 1.165) is 6.42 Å². The topological polar surface area (TPSA) is 37.8 Å². The molecule has 1 aliphatic carbocycles. The van der Waals surface area contributed by atoms with Gasteiger partial charge in [-0.15, -0.1) is 0 Å². The van der Waals surface area contributed by atoms with E-state index in [2.05, 4.69) is 15.5 Å². The Hall–Kier alpha value is -1.17. The summed E-state index contributed by atoms with van der Waals surface area (Å²) < 4.78 is 38.5. The number of alkyl halides is 3. The van der Waals surface area contributed by atoms with Gasteiger partial charge in [0.05, 0.1) is 11.6 Å². The molecule has 0 saturated heterocycles. The lowest BCUT2D eigenvalue weighted by molar-refractivity contribution is -0.189. The second kappa shape index (κ2) is 5.65. The molecule has 0 radical (unpaired) electrons. The molecule has 1 saturated carbocycles. The molecule has 6 heteroatoms. The van der Waals surface area contributed by atoms with E-state index in [1.807, 2.05) is 0 Å². The molecule has 2 unspecified atom stereocenters. The Kier molecular flexibility index (Phi) is 4.16. The van der Waals surface area contributed by atoms with Crippen molar-refractivity contribution in [2.24, 2.45) is 5.92 Å². The summed E-state index contributed by atoms with van der Waals surface area (Å²) in [5, 5.41) is 10.5. The lowest BCUT2D eigenvalue weighted by Crippen LogP contribution is -2.45. The summed E-state index contributed by atoms with van der Waals surface area (Å²) in [5.41, 5.74) is 0.670. The molecule has 0 amide bonds. The molecule has 0 spiro atoms. The van der Waals surface area contributed by atoms with Crippen molar-refractivity contribution in [3.8, 4) is 0 Å². The number of rotatable bonds is 3.